The molecule has 1 aliphatic rings. The Morgan fingerprint density at radius 2 is 2.00 bits per heavy atom. The maximum absolute atomic E-state index is 12.9. The number of hydrogen-bond acceptors (Lipinski definition) is 4. The number of amides is 1. The minimum absolute atomic E-state index is 0.0848. The number of carbonyl (C=O) groups excluding carboxylic acids is 1. The number of pyridine rings is 1. The van der Waals surface area contributed by atoms with Gasteiger partial charge in [-0.25, -0.2) is 4.79 Å². The molecule has 7 heteroatoms. The summed E-state index contributed by atoms with van der Waals surface area (Å²) >= 11 is 0. The monoisotopic (exact) mass is 356 g/mol. The van der Waals surface area contributed by atoms with Crippen LogP contribution in [0.25, 0.3) is 5.69 Å². The van der Waals surface area contributed by atoms with Gasteiger partial charge in [0, 0.05) is 26.2 Å². The minimum Gasteiger partial charge on any atom is -0.495 e. The average Bonchev–Trinajstić information content (AvgIpc) is 2.60. The van der Waals surface area contributed by atoms with Crippen LogP contribution in [0.3, 0.4) is 0 Å². The molecule has 0 atom stereocenters. The number of nitrogens with zero attached hydrogens (tertiary/aromatic N) is 2. The van der Waals surface area contributed by atoms with Crippen molar-refractivity contribution in [3.8, 4) is 11.4 Å². The van der Waals surface area contributed by atoms with Gasteiger partial charge in [-0.1, -0.05) is 6.07 Å². The SMILES string of the molecule is COc1ccc(C)cc1-n1cc2c(c(C(=O)O)c1=O)CCN(C(C)=O)C2. The first-order valence-electron chi connectivity index (χ1n) is 8.24. The summed E-state index contributed by atoms with van der Waals surface area (Å²) in [7, 11) is 1.49. The number of benzene rings is 1. The van der Waals surface area contributed by atoms with Gasteiger partial charge in [0.1, 0.15) is 11.3 Å². The second kappa shape index (κ2) is 6.67. The summed E-state index contributed by atoms with van der Waals surface area (Å²) in [5.41, 5.74) is 1.70. The molecule has 0 saturated heterocycles. The minimum atomic E-state index is -1.26. The number of hydrogen-bond donors (Lipinski definition) is 1. The molecule has 1 amide bonds. The second-order valence-electron chi connectivity index (χ2n) is 6.35. The number of aryl methyl sites for hydroxylation is 1. The molecule has 0 fully saturated rings. The molecule has 1 N–H and O–H groups in total. The number of carboxylic acid groups (broad SMARTS) is 1. The standard InChI is InChI=1S/C19H20N2O5/c1-11-4-5-16(26-3)15(8-11)21-10-13-9-20(12(2)22)7-6-14(13)17(18(21)23)19(24)25/h4-5,8,10H,6-7,9H2,1-3H3,(H,24,25). The van der Waals surface area contributed by atoms with Gasteiger partial charge in [0.15, 0.2) is 0 Å². The van der Waals surface area contributed by atoms with Crippen molar-refractivity contribution in [2.45, 2.75) is 26.8 Å². The Morgan fingerprint density at radius 1 is 1.27 bits per heavy atom. The van der Waals surface area contributed by atoms with Gasteiger partial charge in [0.25, 0.3) is 5.56 Å². The van der Waals surface area contributed by atoms with Crippen molar-refractivity contribution in [3.63, 3.8) is 0 Å². The number of carbonyl (C=O) groups is 2. The molecule has 0 spiro atoms. The lowest BCUT2D eigenvalue weighted by atomic mass is 9.96. The van der Waals surface area contributed by atoms with Crippen molar-refractivity contribution < 1.29 is 19.4 Å². The van der Waals surface area contributed by atoms with Crippen molar-refractivity contribution in [3.05, 3.63) is 57.0 Å². The molecule has 0 aliphatic carbocycles. The molecule has 0 unspecified atom stereocenters. The van der Waals surface area contributed by atoms with Crippen LogP contribution in [0.1, 0.15) is 34.0 Å². The third kappa shape index (κ3) is 2.96. The summed E-state index contributed by atoms with van der Waals surface area (Å²) in [6.45, 7) is 4.03. The van der Waals surface area contributed by atoms with E-state index in [2.05, 4.69) is 0 Å². The molecule has 2 aromatic rings. The van der Waals surface area contributed by atoms with Crippen LogP contribution in [0.4, 0.5) is 0 Å². The summed E-state index contributed by atoms with van der Waals surface area (Å²) in [4.78, 5) is 38.1. The highest BCUT2D eigenvalue weighted by Gasteiger charge is 2.27. The lowest BCUT2D eigenvalue weighted by molar-refractivity contribution is -0.129. The molecular formula is C19H20N2O5. The van der Waals surface area contributed by atoms with Gasteiger partial charge >= 0.3 is 5.97 Å². The molecule has 1 aromatic heterocycles. The van der Waals surface area contributed by atoms with Crippen LogP contribution in [-0.4, -0.2) is 40.1 Å². The fourth-order valence-corrected chi connectivity index (χ4v) is 3.31. The predicted molar refractivity (Wildman–Crippen MR) is 95.1 cm³/mol. The van der Waals surface area contributed by atoms with Crippen LogP contribution in [0, 0.1) is 6.92 Å². The van der Waals surface area contributed by atoms with Gasteiger partial charge in [0.05, 0.1) is 12.8 Å². The number of carboxylic acids is 1. The van der Waals surface area contributed by atoms with Crippen LogP contribution in [0.2, 0.25) is 0 Å². The van der Waals surface area contributed by atoms with Crippen molar-refractivity contribution >= 4 is 11.9 Å². The van der Waals surface area contributed by atoms with Crippen LogP contribution in [0.15, 0.2) is 29.2 Å². The number of rotatable bonds is 3. The highest BCUT2D eigenvalue weighted by atomic mass is 16.5. The van der Waals surface area contributed by atoms with Crippen LogP contribution in [0.5, 0.6) is 5.75 Å². The van der Waals surface area contributed by atoms with E-state index in [-0.39, 0.29) is 18.0 Å². The van der Waals surface area contributed by atoms with Gasteiger partial charge in [-0.2, -0.15) is 0 Å². The Labute approximate surface area is 150 Å². The Bertz CT molecular complexity index is 961. The number of aromatic nitrogens is 1. The van der Waals surface area contributed by atoms with E-state index >= 15 is 0 Å². The fourth-order valence-electron chi connectivity index (χ4n) is 3.31. The van der Waals surface area contributed by atoms with Gasteiger partial charge in [0.2, 0.25) is 5.91 Å². The van der Waals surface area contributed by atoms with Crippen molar-refractivity contribution in [2.24, 2.45) is 0 Å². The molecular weight excluding hydrogens is 336 g/mol. The van der Waals surface area contributed by atoms with Gasteiger partial charge in [-0.05, 0) is 42.2 Å². The zero-order valence-corrected chi connectivity index (χ0v) is 14.9. The van der Waals surface area contributed by atoms with E-state index in [4.69, 9.17) is 4.74 Å². The number of ether oxygens (including phenoxy) is 1. The maximum atomic E-state index is 12.9. The van der Waals surface area contributed by atoms with E-state index in [1.54, 1.807) is 23.2 Å². The number of methoxy groups -OCH3 is 1. The van der Waals surface area contributed by atoms with Crippen LogP contribution < -0.4 is 10.3 Å². The van der Waals surface area contributed by atoms with Gasteiger partial charge in [-0.3, -0.25) is 14.2 Å². The molecule has 0 saturated carbocycles. The third-order valence-electron chi connectivity index (χ3n) is 4.65. The first-order valence-corrected chi connectivity index (χ1v) is 8.24. The first kappa shape index (κ1) is 17.7. The van der Waals surface area contributed by atoms with E-state index in [1.165, 1.54) is 18.6 Å². The Kier molecular flexibility index (Phi) is 4.54. The third-order valence-corrected chi connectivity index (χ3v) is 4.65. The highest BCUT2D eigenvalue weighted by Crippen LogP contribution is 2.26. The summed E-state index contributed by atoms with van der Waals surface area (Å²) in [5.74, 6) is -0.880. The van der Waals surface area contributed by atoms with E-state index in [0.717, 1.165) is 5.56 Å². The lowest BCUT2D eigenvalue weighted by Crippen LogP contribution is -2.38. The molecule has 2 heterocycles. The molecule has 136 valence electrons. The fraction of sp³-hybridized carbons (Fsp3) is 0.316. The number of fused-ring (bicyclic) bond motifs is 1. The second-order valence-corrected chi connectivity index (χ2v) is 6.35. The number of aromatic carboxylic acids is 1. The molecule has 1 aliphatic heterocycles. The Balaban J connectivity index is 2.28. The topological polar surface area (TPSA) is 88.8 Å². The zero-order chi connectivity index (χ0) is 19.0. The van der Waals surface area contributed by atoms with E-state index in [1.807, 2.05) is 13.0 Å². The van der Waals surface area contributed by atoms with Gasteiger partial charge in [-0.15, -0.1) is 0 Å². The first-order chi connectivity index (χ1) is 12.3. The lowest BCUT2D eigenvalue weighted by Gasteiger charge is -2.29. The summed E-state index contributed by atoms with van der Waals surface area (Å²) < 4.78 is 6.65. The largest absolute Gasteiger partial charge is 0.495 e. The van der Waals surface area contributed by atoms with Crippen molar-refractivity contribution in [1.29, 1.82) is 0 Å². The normalized spacial score (nSPS) is 13.3. The smallest absolute Gasteiger partial charge is 0.341 e. The van der Waals surface area contributed by atoms with Crippen LogP contribution in [-0.2, 0) is 17.8 Å². The molecule has 7 nitrogen and oxygen atoms in total. The van der Waals surface area contributed by atoms with E-state index in [0.29, 0.717) is 35.5 Å². The van der Waals surface area contributed by atoms with E-state index < -0.39 is 11.5 Å². The van der Waals surface area contributed by atoms with Crippen molar-refractivity contribution in [2.75, 3.05) is 13.7 Å². The Hall–Kier alpha value is -3.09. The van der Waals surface area contributed by atoms with Crippen molar-refractivity contribution in [1.82, 2.24) is 9.47 Å². The summed E-state index contributed by atoms with van der Waals surface area (Å²) in [6, 6.07) is 5.35. The molecule has 1 aromatic carbocycles. The average molecular weight is 356 g/mol. The maximum Gasteiger partial charge on any atom is 0.341 e. The van der Waals surface area contributed by atoms with E-state index in [9.17, 15) is 19.5 Å². The molecule has 0 bridgehead atoms. The predicted octanol–water partition coefficient (Wildman–Crippen LogP) is 1.76. The van der Waals surface area contributed by atoms with Crippen LogP contribution >= 0.6 is 0 Å². The zero-order valence-electron chi connectivity index (χ0n) is 14.9. The molecule has 26 heavy (non-hydrogen) atoms. The Morgan fingerprint density at radius 3 is 2.62 bits per heavy atom. The summed E-state index contributed by atoms with van der Waals surface area (Å²) in [6.07, 6.45) is 1.97. The molecule has 3 rings (SSSR count). The highest BCUT2D eigenvalue weighted by molar-refractivity contribution is 5.89. The summed E-state index contributed by atoms with van der Waals surface area (Å²) in [5, 5.41) is 9.62. The quantitative estimate of drug-likeness (QED) is 0.905. The van der Waals surface area contributed by atoms with Gasteiger partial charge < -0.3 is 14.7 Å². The molecule has 0 radical (unpaired) electrons.